The standard InChI is InChI=1S/C21H17ClN2O2S/c1-13-5-7-15(8-6-13)21(26)12-27-20-18(11-23)17(10-19(25)24(20)21)14-3-2-4-16(22)9-14/h2-9,17,26H,10,12H2,1H3/t17-,21-/m0/s1. The smallest absolute Gasteiger partial charge is 0.231 e. The highest BCUT2D eigenvalue weighted by Gasteiger charge is 2.51. The Labute approximate surface area is 167 Å². The molecule has 136 valence electrons. The number of hydrogen-bond donors (Lipinski definition) is 1. The Bertz CT molecular complexity index is 996. The van der Waals surface area contributed by atoms with E-state index in [2.05, 4.69) is 6.07 Å². The fourth-order valence-corrected chi connectivity index (χ4v) is 5.23. The summed E-state index contributed by atoms with van der Waals surface area (Å²) in [5.74, 6) is -0.243. The third-order valence-corrected chi connectivity index (χ3v) is 6.53. The van der Waals surface area contributed by atoms with Crippen LogP contribution in [0, 0.1) is 18.3 Å². The third-order valence-electron chi connectivity index (χ3n) is 5.08. The van der Waals surface area contributed by atoms with Gasteiger partial charge >= 0.3 is 0 Å². The van der Waals surface area contributed by atoms with Crippen LogP contribution in [0.2, 0.25) is 5.02 Å². The molecule has 2 aromatic rings. The highest BCUT2D eigenvalue weighted by Crippen LogP contribution is 2.51. The van der Waals surface area contributed by atoms with Crippen molar-refractivity contribution >= 4 is 29.3 Å². The van der Waals surface area contributed by atoms with Crippen LogP contribution in [0.5, 0.6) is 0 Å². The Balaban J connectivity index is 1.81. The van der Waals surface area contributed by atoms with E-state index in [1.165, 1.54) is 16.7 Å². The van der Waals surface area contributed by atoms with Crippen molar-refractivity contribution < 1.29 is 9.90 Å². The molecule has 0 bridgehead atoms. The molecule has 0 aliphatic carbocycles. The first kappa shape index (κ1) is 18.1. The second-order valence-electron chi connectivity index (χ2n) is 6.84. The lowest BCUT2D eigenvalue weighted by molar-refractivity contribution is -0.149. The van der Waals surface area contributed by atoms with Crippen LogP contribution in [0.15, 0.2) is 59.1 Å². The average Bonchev–Trinajstić information content (AvgIpc) is 3.01. The summed E-state index contributed by atoms with van der Waals surface area (Å²) in [6, 6.07) is 17.0. The molecule has 2 aliphatic heterocycles. The van der Waals surface area contributed by atoms with Gasteiger partial charge in [-0.3, -0.25) is 9.69 Å². The molecule has 1 amide bonds. The summed E-state index contributed by atoms with van der Waals surface area (Å²) in [5.41, 5.74) is 1.64. The highest BCUT2D eigenvalue weighted by atomic mass is 35.5. The number of fused-ring (bicyclic) bond motifs is 1. The molecule has 0 saturated carbocycles. The first-order chi connectivity index (χ1) is 12.9. The maximum atomic E-state index is 13.0. The van der Waals surface area contributed by atoms with E-state index in [9.17, 15) is 15.2 Å². The lowest BCUT2D eigenvalue weighted by Crippen LogP contribution is -2.48. The van der Waals surface area contributed by atoms with Gasteiger partial charge in [-0.15, -0.1) is 11.8 Å². The predicted molar refractivity (Wildman–Crippen MR) is 106 cm³/mol. The van der Waals surface area contributed by atoms with Crippen LogP contribution in [0.25, 0.3) is 0 Å². The van der Waals surface area contributed by atoms with E-state index in [1.54, 1.807) is 12.1 Å². The van der Waals surface area contributed by atoms with Crippen molar-refractivity contribution in [2.45, 2.75) is 25.0 Å². The number of allylic oxidation sites excluding steroid dienone is 1. The number of halogens is 1. The van der Waals surface area contributed by atoms with Crippen LogP contribution in [0.4, 0.5) is 0 Å². The molecule has 2 heterocycles. The number of benzene rings is 2. The van der Waals surface area contributed by atoms with Crippen molar-refractivity contribution in [3.05, 3.63) is 80.8 Å². The van der Waals surface area contributed by atoms with E-state index in [4.69, 9.17) is 11.6 Å². The van der Waals surface area contributed by atoms with Gasteiger partial charge in [-0.1, -0.05) is 53.6 Å². The maximum Gasteiger partial charge on any atom is 0.231 e. The zero-order valence-electron chi connectivity index (χ0n) is 14.6. The lowest BCUT2D eigenvalue weighted by atomic mass is 9.85. The van der Waals surface area contributed by atoms with Crippen LogP contribution in [-0.2, 0) is 10.5 Å². The molecule has 1 N–H and O–H groups in total. The normalized spacial score (nSPS) is 24.7. The lowest BCUT2D eigenvalue weighted by Gasteiger charge is -2.38. The Morgan fingerprint density at radius 1 is 1.30 bits per heavy atom. The summed E-state index contributed by atoms with van der Waals surface area (Å²) in [6.45, 7) is 1.97. The van der Waals surface area contributed by atoms with E-state index in [0.717, 1.165) is 11.1 Å². The van der Waals surface area contributed by atoms with Crippen LogP contribution >= 0.6 is 23.4 Å². The third kappa shape index (κ3) is 2.94. The monoisotopic (exact) mass is 396 g/mol. The number of amides is 1. The number of aryl methyl sites for hydroxylation is 1. The summed E-state index contributed by atoms with van der Waals surface area (Å²) < 4.78 is 0. The quantitative estimate of drug-likeness (QED) is 0.822. The Morgan fingerprint density at radius 3 is 2.70 bits per heavy atom. The molecule has 0 aromatic heterocycles. The molecule has 1 saturated heterocycles. The van der Waals surface area contributed by atoms with Crippen LogP contribution < -0.4 is 0 Å². The minimum absolute atomic E-state index is 0.126. The fourth-order valence-electron chi connectivity index (χ4n) is 3.67. The van der Waals surface area contributed by atoms with Crippen molar-refractivity contribution in [3.8, 4) is 6.07 Å². The molecule has 4 nitrogen and oxygen atoms in total. The predicted octanol–water partition coefficient (Wildman–Crippen LogP) is 4.29. The number of rotatable bonds is 2. The number of nitriles is 1. The Kier molecular flexibility index (Phi) is 4.51. The van der Waals surface area contributed by atoms with Crippen molar-refractivity contribution in [1.29, 1.82) is 5.26 Å². The largest absolute Gasteiger partial charge is 0.366 e. The summed E-state index contributed by atoms with van der Waals surface area (Å²) >= 11 is 7.45. The molecule has 2 atom stereocenters. The highest BCUT2D eigenvalue weighted by molar-refractivity contribution is 8.03. The van der Waals surface area contributed by atoms with Gasteiger partial charge in [-0.05, 0) is 24.6 Å². The molecule has 4 rings (SSSR count). The number of thioether (sulfide) groups is 1. The number of aliphatic hydroxyl groups is 1. The first-order valence-corrected chi connectivity index (χ1v) is 9.95. The maximum absolute atomic E-state index is 13.0. The van der Waals surface area contributed by atoms with Gasteiger partial charge in [0, 0.05) is 22.9 Å². The zero-order valence-corrected chi connectivity index (χ0v) is 16.2. The molecule has 0 radical (unpaired) electrons. The molecular formula is C21H17ClN2O2S. The second kappa shape index (κ2) is 6.72. The summed E-state index contributed by atoms with van der Waals surface area (Å²) in [7, 11) is 0. The van der Waals surface area contributed by atoms with E-state index < -0.39 is 5.72 Å². The molecule has 2 aliphatic rings. The van der Waals surface area contributed by atoms with Gasteiger partial charge in [0.15, 0.2) is 5.72 Å². The number of nitrogens with zero attached hydrogens (tertiary/aromatic N) is 2. The van der Waals surface area contributed by atoms with Gasteiger partial charge in [0.25, 0.3) is 0 Å². The van der Waals surface area contributed by atoms with Crippen LogP contribution in [0.1, 0.15) is 29.0 Å². The molecular weight excluding hydrogens is 380 g/mol. The molecule has 1 fully saturated rings. The molecule has 2 aromatic carbocycles. The first-order valence-electron chi connectivity index (χ1n) is 8.59. The van der Waals surface area contributed by atoms with E-state index >= 15 is 0 Å². The van der Waals surface area contributed by atoms with Crippen LogP contribution in [-0.4, -0.2) is 21.7 Å². The van der Waals surface area contributed by atoms with Gasteiger partial charge in [-0.25, -0.2) is 0 Å². The summed E-state index contributed by atoms with van der Waals surface area (Å²) in [4.78, 5) is 14.4. The number of hydrogen-bond acceptors (Lipinski definition) is 4. The van der Waals surface area contributed by atoms with Gasteiger partial charge in [0.2, 0.25) is 5.91 Å². The van der Waals surface area contributed by atoms with E-state index in [1.807, 2.05) is 43.3 Å². The van der Waals surface area contributed by atoms with Crippen molar-refractivity contribution in [1.82, 2.24) is 4.90 Å². The van der Waals surface area contributed by atoms with E-state index in [0.29, 0.717) is 26.9 Å². The number of carbonyl (C=O) groups is 1. The molecule has 0 spiro atoms. The van der Waals surface area contributed by atoms with E-state index in [-0.39, 0.29) is 18.2 Å². The summed E-state index contributed by atoms with van der Waals surface area (Å²) in [5, 5.41) is 22.3. The van der Waals surface area contributed by atoms with Crippen molar-refractivity contribution in [2.75, 3.05) is 5.75 Å². The van der Waals surface area contributed by atoms with Gasteiger partial charge in [0.05, 0.1) is 22.4 Å². The van der Waals surface area contributed by atoms with Gasteiger partial charge in [-0.2, -0.15) is 5.26 Å². The second-order valence-corrected chi connectivity index (χ2v) is 8.24. The Morgan fingerprint density at radius 2 is 2.04 bits per heavy atom. The minimum atomic E-state index is -1.44. The molecule has 27 heavy (non-hydrogen) atoms. The zero-order chi connectivity index (χ0) is 19.2. The summed E-state index contributed by atoms with van der Waals surface area (Å²) in [6.07, 6.45) is 0.126. The SMILES string of the molecule is Cc1ccc([C@@]2(O)CSC3=C(C#N)[C@H](c4cccc(Cl)c4)CC(=O)N32)cc1. The average molecular weight is 397 g/mol. The molecule has 0 unspecified atom stereocenters. The topological polar surface area (TPSA) is 64.3 Å². The van der Waals surface area contributed by atoms with Crippen molar-refractivity contribution in [3.63, 3.8) is 0 Å². The Hall–Kier alpha value is -2.26. The molecule has 6 heteroatoms. The number of carbonyl (C=O) groups excluding carboxylic acids is 1. The van der Waals surface area contributed by atoms with Crippen LogP contribution in [0.3, 0.4) is 0 Å². The van der Waals surface area contributed by atoms with Crippen molar-refractivity contribution in [2.24, 2.45) is 0 Å². The van der Waals surface area contributed by atoms with Gasteiger partial charge in [0.1, 0.15) is 0 Å². The van der Waals surface area contributed by atoms with Gasteiger partial charge < -0.3 is 5.11 Å². The minimum Gasteiger partial charge on any atom is -0.366 e. The fraction of sp³-hybridized carbons (Fsp3) is 0.238.